The minimum Gasteiger partial charge on any atom is -0.281 e. The third-order valence-corrected chi connectivity index (χ3v) is 2.13. The Labute approximate surface area is 81.7 Å². The average Bonchev–Trinajstić information content (AvgIpc) is 2.33. The molecule has 0 bridgehead atoms. The molecule has 0 fully saturated rings. The fourth-order valence-corrected chi connectivity index (χ4v) is 1.65. The van der Waals surface area contributed by atoms with Crippen molar-refractivity contribution >= 4 is 33.2 Å². The van der Waals surface area contributed by atoms with Crippen LogP contribution in [0.3, 0.4) is 0 Å². The van der Waals surface area contributed by atoms with Gasteiger partial charge in [-0.1, -0.05) is 11.6 Å². The minimum atomic E-state index is 0.352. The highest BCUT2D eigenvalue weighted by Gasteiger charge is 2.06. The van der Waals surface area contributed by atoms with E-state index in [0.717, 1.165) is 5.82 Å². The molecule has 0 atom stereocenters. The smallest absolute Gasteiger partial charge is 0.198 e. The molecule has 2 rings (SSSR count). The van der Waals surface area contributed by atoms with Crippen LogP contribution in [0, 0.1) is 6.92 Å². The van der Waals surface area contributed by atoms with Crippen LogP contribution >= 0.6 is 27.5 Å². The van der Waals surface area contributed by atoms with Crippen LogP contribution in [0.1, 0.15) is 5.82 Å². The summed E-state index contributed by atoms with van der Waals surface area (Å²) >= 11 is 9.04. The summed E-state index contributed by atoms with van der Waals surface area (Å²) in [7, 11) is 0. The number of aryl methyl sites for hydroxylation is 1. The summed E-state index contributed by atoms with van der Waals surface area (Å²) in [5, 5.41) is 8.07. The highest BCUT2D eigenvalue weighted by Crippen LogP contribution is 2.16. The van der Waals surface area contributed by atoms with Crippen molar-refractivity contribution < 1.29 is 0 Å². The molecule has 0 saturated heterocycles. The Morgan fingerprint density at radius 2 is 2.25 bits per heavy atom. The predicted molar refractivity (Wildman–Crippen MR) is 48.2 cm³/mol. The van der Waals surface area contributed by atoms with Crippen molar-refractivity contribution in [2.24, 2.45) is 0 Å². The zero-order valence-electron chi connectivity index (χ0n) is 6.12. The second kappa shape index (κ2) is 2.67. The zero-order valence-corrected chi connectivity index (χ0v) is 8.46. The molecule has 62 valence electrons. The van der Waals surface area contributed by atoms with Gasteiger partial charge in [0.1, 0.15) is 10.4 Å². The van der Waals surface area contributed by atoms with Gasteiger partial charge in [-0.2, -0.15) is 0 Å². The SMILES string of the molecule is Cc1nnc2c(Cl)nc(Br)cn12. The molecule has 0 saturated carbocycles. The van der Waals surface area contributed by atoms with E-state index in [9.17, 15) is 0 Å². The molecule has 0 N–H and O–H groups in total. The van der Waals surface area contributed by atoms with Gasteiger partial charge >= 0.3 is 0 Å². The number of halogens is 2. The summed E-state index contributed by atoms with van der Waals surface area (Å²) < 4.78 is 2.45. The Morgan fingerprint density at radius 3 is 3.00 bits per heavy atom. The van der Waals surface area contributed by atoms with E-state index in [2.05, 4.69) is 31.1 Å². The topological polar surface area (TPSA) is 43.1 Å². The molecule has 2 aromatic heterocycles. The molecule has 0 amide bonds. The number of nitrogens with zero attached hydrogens (tertiary/aromatic N) is 4. The van der Waals surface area contributed by atoms with Crippen molar-refractivity contribution in [2.75, 3.05) is 0 Å². The van der Waals surface area contributed by atoms with E-state index < -0.39 is 0 Å². The summed E-state index contributed by atoms with van der Waals surface area (Å²) in [4.78, 5) is 3.97. The lowest BCUT2D eigenvalue weighted by Crippen LogP contribution is -1.91. The quantitative estimate of drug-likeness (QED) is 0.713. The summed E-state index contributed by atoms with van der Waals surface area (Å²) in [6.45, 7) is 1.85. The highest BCUT2D eigenvalue weighted by atomic mass is 79.9. The lowest BCUT2D eigenvalue weighted by atomic mass is 10.6. The standard InChI is InChI=1S/C6H4BrClN4/c1-3-10-11-6-5(8)9-4(7)2-12(3)6/h2H,1H3. The minimum absolute atomic E-state index is 0.352. The van der Waals surface area contributed by atoms with E-state index in [1.807, 2.05) is 6.92 Å². The monoisotopic (exact) mass is 246 g/mol. The Balaban J connectivity index is 2.92. The summed E-state index contributed by atoms with van der Waals surface area (Å²) in [5.74, 6) is 0.787. The normalized spacial score (nSPS) is 10.9. The lowest BCUT2D eigenvalue weighted by molar-refractivity contribution is 0.996. The molecule has 0 aliphatic rings. The Morgan fingerprint density at radius 1 is 1.50 bits per heavy atom. The molecule has 0 aromatic carbocycles. The van der Waals surface area contributed by atoms with Crippen LogP contribution in [0.15, 0.2) is 10.8 Å². The Hall–Kier alpha value is -0.680. The molecule has 0 aliphatic carbocycles. The Bertz CT molecular complexity index is 438. The van der Waals surface area contributed by atoms with Crippen molar-refractivity contribution in [3.05, 3.63) is 21.8 Å². The molecular weight excluding hydrogens is 243 g/mol. The predicted octanol–water partition coefficient (Wildman–Crippen LogP) is 1.85. The molecule has 2 heterocycles. The molecule has 0 aliphatic heterocycles. The van der Waals surface area contributed by atoms with Gasteiger partial charge in [-0.15, -0.1) is 10.2 Å². The average molecular weight is 247 g/mol. The van der Waals surface area contributed by atoms with Gasteiger partial charge in [0.15, 0.2) is 10.8 Å². The van der Waals surface area contributed by atoms with Crippen LogP contribution < -0.4 is 0 Å². The zero-order chi connectivity index (χ0) is 8.72. The third-order valence-electron chi connectivity index (χ3n) is 1.49. The first-order valence-electron chi connectivity index (χ1n) is 3.22. The van der Waals surface area contributed by atoms with E-state index in [1.165, 1.54) is 0 Å². The lowest BCUT2D eigenvalue weighted by Gasteiger charge is -1.96. The van der Waals surface area contributed by atoms with Crippen LogP contribution in [-0.2, 0) is 0 Å². The second-order valence-electron chi connectivity index (χ2n) is 2.30. The van der Waals surface area contributed by atoms with Crippen LogP contribution in [0.4, 0.5) is 0 Å². The molecule has 0 radical (unpaired) electrons. The largest absolute Gasteiger partial charge is 0.281 e. The molecule has 0 unspecified atom stereocenters. The molecule has 0 spiro atoms. The number of aromatic nitrogens is 4. The molecule has 12 heavy (non-hydrogen) atoms. The van der Waals surface area contributed by atoms with Gasteiger partial charge in [-0.25, -0.2) is 4.98 Å². The van der Waals surface area contributed by atoms with Gasteiger partial charge < -0.3 is 0 Å². The first-order valence-corrected chi connectivity index (χ1v) is 4.39. The maximum atomic E-state index is 5.81. The van der Waals surface area contributed by atoms with Gasteiger partial charge in [0.25, 0.3) is 0 Å². The fourth-order valence-electron chi connectivity index (χ4n) is 0.944. The Kier molecular flexibility index (Phi) is 1.77. The van der Waals surface area contributed by atoms with Gasteiger partial charge in [-0.05, 0) is 22.9 Å². The van der Waals surface area contributed by atoms with E-state index in [-0.39, 0.29) is 0 Å². The first kappa shape index (κ1) is 7.94. The summed E-state index contributed by atoms with van der Waals surface area (Å²) in [5.41, 5.74) is 0.581. The second-order valence-corrected chi connectivity index (χ2v) is 3.47. The first-order chi connectivity index (χ1) is 5.68. The van der Waals surface area contributed by atoms with Crippen LogP contribution in [0.25, 0.3) is 5.65 Å². The molecule has 2 aromatic rings. The fraction of sp³-hybridized carbons (Fsp3) is 0.167. The van der Waals surface area contributed by atoms with Crippen LogP contribution in [-0.4, -0.2) is 19.6 Å². The van der Waals surface area contributed by atoms with Crippen molar-refractivity contribution in [1.82, 2.24) is 19.6 Å². The maximum absolute atomic E-state index is 5.81. The number of fused-ring (bicyclic) bond motifs is 1. The maximum Gasteiger partial charge on any atom is 0.198 e. The van der Waals surface area contributed by atoms with Crippen molar-refractivity contribution in [1.29, 1.82) is 0 Å². The highest BCUT2D eigenvalue weighted by molar-refractivity contribution is 9.10. The van der Waals surface area contributed by atoms with E-state index in [0.29, 0.717) is 15.4 Å². The van der Waals surface area contributed by atoms with Crippen LogP contribution in [0.2, 0.25) is 5.15 Å². The van der Waals surface area contributed by atoms with Gasteiger partial charge in [-0.3, -0.25) is 4.40 Å². The molecule has 6 heteroatoms. The van der Waals surface area contributed by atoms with Crippen LogP contribution in [0.5, 0.6) is 0 Å². The summed E-state index contributed by atoms with van der Waals surface area (Å²) in [6.07, 6.45) is 1.77. The van der Waals surface area contributed by atoms with Gasteiger partial charge in [0, 0.05) is 6.20 Å². The van der Waals surface area contributed by atoms with E-state index in [4.69, 9.17) is 11.6 Å². The van der Waals surface area contributed by atoms with Crippen molar-refractivity contribution in [3.8, 4) is 0 Å². The molecular formula is C6H4BrClN4. The van der Waals surface area contributed by atoms with E-state index in [1.54, 1.807) is 10.6 Å². The number of hydrogen-bond donors (Lipinski definition) is 0. The van der Waals surface area contributed by atoms with Gasteiger partial charge in [0.2, 0.25) is 0 Å². The molecule has 4 nitrogen and oxygen atoms in total. The number of hydrogen-bond acceptors (Lipinski definition) is 3. The van der Waals surface area contributed by atoms with E-state index >= 15 is 0 Å². The van der Waals surface area contributed by atoms with Crippen molar-refractivity contribution in [3.63, 3.8) is 0 Å². The summed E-state index contributed by atoms with van der Waals surface area (Å²) in [6, 6.07) is 0. The third kappa shape index (κ3) is 1.09. The number of rotatable bonds is 0. The van der Waals surface area contributed by atoms with Crippen molar-refractivity contribution in [2.45, 2.75) is 6.92 Å². The van der Waals surface area contributed by atoms with Gasteiger partial charge in [0.05, 0.1) is 0 Å².